The third kappa shape index (κ3) is 5.25. The number of aliphatic carboxylic acids is 1. The van der Waals surface area contributed by atoms with Crippen LogP contribution in [0.15, 0.2) is 24.3 Å². The minimum absolute atomic E-state index is 0.0367. The van der Waals surface area contributed by atoms with Gasteiger partial charge in [-0.3, -0.25) is 9.59 Å². The third-order valence-corrected chi connectivity index (χ3v) is 3.57. The molecule has 1 fully saturated rings. The molecule has 1 aromatic rings. The number of carboxylic acid groups (broad SMARTS) is 1. The molecule has 1 amide bonds. The molecule has 1 aliphatic rings. The highest BCUT2D eigenvalue weighted by Crippen LogP contribution is 2.21. The fourth-order valence-electron chi connectivity index (χ4n) is 2.56. The number of ether oxygens (including phenoxy) is 2. The average Bonchev–Trinajstić information content (AvgIpc) is 2.48. The Bertz CT molecular complexity index is 558. The van der Waals surface area contributed by atoms with Crippen molar-refractivity contribution in [2.45, 2.75) is 38.9 Å². The van der Waals surface area contributed by atoms with Crippen molar-refractivity contribution in [2.75, 3.05) is 19.7 Å². The highest BCUT2D eigenvalue weighted by atomic mass is 16.5. The first kappa shape index (κ1) is 17.3. The maximum atomic E-state index is 12.5. The van der Waals surface area contributed by atoms with Crippen LogP contribution in [-0.2, 0) is 20.7 Å². The summed E-state index contributed by atoms with van der Waals surface area (Å²) in [6, 6.07) is 7.49. The van der Waals surface area contributed by atoms with Gasteiger partial charge in [-0.2, -0.15) is 0 Å². The van der Waals surface area contributed by atoms with Crippen LogP contribution in [0.25, 0.3) is 0 Å². The van der Waals surface area contributed by atoms with E-state index in [1.165, 1.54) is 0 Å². The maximum absolute atomic E-state index is 12.5. The van der Waals surface area contributed by atoms with Crippen molar-refractivity contribution in [1.82, 2.24) is 4.90 Å². The van der Waals surface area contributed by atoms with Gasteiger partial charge in [0.2, 0.25) is 5.91 Å². The van der Waals surface area contributed by atoms with Gasteiger partial charge in [0, 0.05) is 18.7 Å². The molecule has 1 aliphatic heterocycles. The van der Waals surface area contributed by atoms with E-state index in [2.05, 4.69) is 0 Å². The third-order valence-electron chi connectivity index (χ3n) is 3.57. The van der Waals surface area contributed by atoms with E-state index in [4.69, 9.17) is 14.6 Å². The van der Waals surface area contributed by atoms with Gasteiger partial charge in [-0.15, -0.1) is 0 Å². The zero-order valence-corrected chi connectivity index (χ0v) is 13.5. The molecule has 1 saturated heterocycles. The Hall–Kier alpha value is -2.08. The van der Waals surface area contributed by atoms with Crippen LogP contribution in [0.2, 0.25) is 0 Å². The van der Waals surface area contributed by atoms with E-state index in [0.29, 0.717) is 25.4 Å². The minimum Gasteiger partial charge on any atom is -0.491 e. The van der Waals surface area contributed by atoms with Gasteiger partial charge in [0.05, 0.1) is 31.7 Å². The molecule has 0 aromatic heterocycles. The summed E-state index contributed by atoms with van der Waals surface area (Å²) in [6.45, 7) is 5.06. The molecule has 2 rings (SSSR count). The van der Waals surface area contributed by atoms with Crippen molar-refractivity contribution in [3.63, 3.8) is 0 Å². The summed E-state index contributed by atoms with van der Waals surface area (Å²) < 4.78 is 11.1. The number of carboxylic acids is 1. The lowest BCUT2D eigenvalue weighted by Gasteiger charge is -2.32. The van der Waals surface area contributed by atoms with Crippen LogP contribution in [0, 0.1) is 0 Å². The number of hydrogen-bond acceptors (Lipinski definition) is 4. The van der Waals surface area contributed by atoms with E-state index >= 15 is 0 Å². The first-order valence-electron chi connectivity index (χ1n) is 7.81. The van der Waals surface area contributed by atoms with Crippen LogP contribution in [0.4, 0.5) is 0 Å². The van der Waals surface area contributed by atoms with Crippen molar-refractivity contribution in [2.24, 2.45) is 0 Å². The number of rotatable bonds is 6. The molecule has 1 aromatic carbocycles. The van der Waals surface area contributed by atoms with Gasteiger partial charge in [-0.1, -0.05) is 18.2 Å². The van der Waals surface area contributed by atoms with E-state index in [0.717, 1.165) is 5.56 Å². The molecule has 0 saturated carbocycles. The molecule has 1 heterocycles. The standard InChI is InChI=1S/C17H23NO5/c1-12(2)23-15-6-4-3-5-13(15)9-16(19)18-7-8-22-14(11-18)10-17(20)21/h3-6,12,14H,7-11H2,1-2H3,(H,20,21)/t14-/m1/s1. The van der Waals surface area contributed by atoms with Crippen molar-refractivity contribution >= 4 is 11.9 Å². The van der Waals surface area contributed by atoms with Crippen molar-refractivity contribution in [3.05, 3.63) is 29.8 Å². The summed E-state index contributed by atoms with van der Waals surface area (Å²) in [4.78, 5) is 25.0. The number of amides is 1. The summed E-state index contributed by atoms with van der Waals surface area (Å²) in [5.74, 6) is -0.241. The number of benzene rings is 1. The summed E-state index contributed by atoms with van der Waals surface area (Å²) in [6.07, 6.45) is -0.249. The molecule has 0 unspecified atom stereocenters. The van der Waals surface area contributed by atoms with E-state index in [-0.39, 0.29) is 24.9 Å². The first-order valence-corrected chi connectivity index (χ1v) is 7.81. The largest absolute Gasteiger partial charge is 0.491 e. The van der Waals surface area contributed by atoms with Gasteiger partial charge >= 0.3 is 5.97 Å². The van der Waals surface area contributed by atoms with Crippen molar-refractivity contribution in [3.8, 4) is 5.75 Å². The Balaban J connectivity index is 2.00. The molecule has 6 heteroatoms. The van der Waals surface area contributed by atoms with Crippen LogP contribution in [0.3, 0.4) is 0 Å². The molecule has 0 bridgehead atoms. The highest BCUT2D eigenvalue weighted by Gasteiger charge is 2.26. The summed E-state index contributed by atoms with van der Waals surface area (Å²) in [5, 5.41) is 8.85. The molecule has 0 radical (unpaired) electrons. The quantitative estimate of drug-likeness (QED) is 0.863. The summed E-state index contributed by atoms with van der Waals surface area (Å²) in [7, 11) is 0. The Labute approximate surface area is 136 Å². The van der Waals surface area contributed by atoms with E-state index in [1.807, 2.05) is 38.1 Å². The van der Waals surface area contributed by atoms with Crippen LogP contribution in [0.5, 0.6) is 5.75 Å². The first-order chi connectivity index (χ1) is 11.0. The second-order valence-electron chi connectivity index (χ2n) is 5.88. The van der Waals surface area contributed by atoms with Crippen LogP contribution in [-0.4, -0.2) is 53.8 Å². The SMILES string of the molecule is CC(C)Oc1ccccc1CC(=O)N1CCO[C@H](CC(=O)O)C1. The number of carbonyl (C=O) groups is 2. The molecule has 0 aliphatic carbocycles. The molecular formula is C17H23NO5. The minimum atomic E-state index is -0.917. The molecule has 126 valence electrons. The number of carbonyl (C=O) groups excluding carboxylic acids is 1. The Morgan fingerprint density at radius 2 is 2.13 bits per heavy atom. The maximum Gasteiger partial charge on any atom is 0.306 e. The van der Waals surface area contributed by atoms with E-state index in [9.17, 15) is 9.59 Å². The second kappa shape index (κ2) is 7.97. The lowest BCUT2D eigenvalue weighted by atomic mass is 10.1. The van der Waals surface area contributed by atoms with Gasteiger partial charge in [0.25, 0.3) is 0 Å². The predicted octanol–water partition coefficient (Wildman–Crippen LogP) is 1.72. The normalized spacial score (nSPS) is 18.0. The Morgan fingerprint density at radius 3 is 2.83 bits per heavy atom. The predicted molar refractivity (Wildman–Crippen MR) is 84.5 cm³/mol. The molecule has 1 N–H and O–H groups in total. The lowest BCUT2D eigenvalue weighted by molar-refractivity contribution is -0.147. The van der Waals surface area contributed by atoms with E-state index < -0.39 is 12.1 Å². The topological polar surface area (TPSA) is 76.1 Å². The van der Waals surface area contributed by atoms with Gasteiger partial charge in [0.1, 0.15) is 5.75 Å². The van der Waals surface area contributed by atoms with Gasteiger partial charge < -0.3 is 19.5 Å². The molecule has 0 spiro atoms. The van der Waals surface area contributed by atoms with Gasteiger partial charge in [0.15, 0.2) is 0 Å². The lowest BCUT2D eigenvalue weighted by Crippen LogP contribution is -2.46. The fraction of sp³-hybridized carbons (Fsp3) is 0.529. The number of morpholine rings is 1. The highest BCUT2D eigenvalue weighted by molar-refractivity contribution is 5.79. The molecule has 6 nitrogen and oxygen atoms in total. The molecule has 23 heavy (non-hydrogen) atoms. The number of nitrogens with zero attached hydrogens (tertiary/aromatic N) is 1. The van der Waals surface area contributed by atoms with Crippen LogP contribution >= 0.6 is 0 Å². The number of hydrogen-bond donors (Lipinski definition) is 1. The monoisotopic (exact) mass is 321 g/mol. The summed E-state index contributed by atoms with van der Waals surface area (Å²) >= 11 is 0. The zero-order chi connectivity index (χ0) is 16.8. The second-order valence-corrected chi connectivity index (χ2v) is 5.88. The number of para-hydroxylation sites is 1. The summed E-state index contributed by atoms with van der Waals surface area (Å²) in [5.41, 5.74) is 0.840. The van der Waals surface area contributed by atoms with Crippen molar-refractivity contribution < 1.29 is 24.2 Å². The molecule has 1 atom stereocenters. The van der Waals surface area contributed by atoms with E-state index in [1.54, 1.807) is 4.90 Å². The van der Waals surface area contributed by atoms with Crippen LogP contribution in [0.1, 0.15) is 25.8 Å². The van der Waals surface area contributed by atoms with Gasteiger partial charge in [-0.25, -0.2) is 0 Å². The van der Waals surface area contributed by atoms with Crippen molar-refractivity contribution in [1.29, 1.82) is 0 Å². The Kier molecular flexibility index (Phi) is 5.98. The zero-order valence-electron chi connectivity index (χ0n) is 13.5. The molecular weight excluding hydrogens is 298 g/mol. The van der Waals surface area contributed by atoms with Gasteiger partial charge in [-0.05, 0) is 19.9 Å². The van der Waals surface area contributed by atoms with Crippen LogP contribution < -0.4 is 4.74 Å². The smallest absolute Gasteiger partial charge is 0.306 e. The average molecular weight is 321 g/mol. The Morgan fingerprint density at radius 1 is 1.39 bits per heavy atom. The fourth-order valence-corrected chi connectivity index (χ4v) is 2.56.